The van der Waals surface area contributed by atoms with Crippen molar-refractivity contribution in [1.82, 2.24) is 0 Å². The van der Waals surface area contributed by atoms with E-state index in [1.54, 1.807) is 0 Å². The first-order chi connectivity index (χ1) is 10.1. The molecule has 0 saturated carbocycles. The average molecular weight is 296 g/mol. The summed E-state index contributed by atoms with van der Waals surface area (Å²) in [4.78, 5) is 0. The first-order valence-electron chi connectivity index (χ1n) is 7.77. The highest BCUT2D eigenvalue weighted by Gasteiger charge is 2.16. The first-order valence-corrected chi connectivity index (χ1v) is 7.77. The second-order valence-corrected chi connectivity index (χ2v) is 7.89. The van der Waals surface area contributed by atoms with E-state index in [9.17, 15) is 5.21 Å². The summed E-state index contributed by atoms with van der Waals surface area (Å²) in [6.45, 7) is 13.0. The summed E-state index contributed by atoms with van der Waals surface area (Å²) in [7, 11) is 0. The third-order valence-corrected chi connectivity index (χ3v) is 3.94. The fourth-order valence-corrected chi connectivity index (χ4v) is 2.34. The lowest BCUT2D eigenvalue weighted by atomic mass is 9.87. The average Bonchev–Trinajstić information content (AvgIpc) is 2.45. The Balaban J connectivity index is 2.23. The van der Waals surface area contributed by atoms with Crippen molar-refractivity contribution < 1.29 is 5.21 Å². The molecule has 0 spiro atoms. The van der Waals surface area contributed by atoms with E-state index in [4.69, 9.17) is 0 Å². The summed E-state index contributed by atoms with van der Waals surface area (Å²) in [5.41, 5.74) is 3.98. The van der Waals surface area contributed by atoms with Gasteiger partial charge in [-0.3, -0.25) is 0 Å². The second-order valence-electron chi connectivity index (χ2n) is 7.89. The van der Waals surface area contributed by atoms with Gasteiger partial charge < -0.3 is 0 Å². The van der Waals surface area contributed by atoms with Crippen LogP contribution in [-0.4, -0.2) is 0 Å². The van der Waals surface area contributed by atoms with E-state index in [0.717, 1.165) is 5.06 Å². The van der Waals surface area contributed by atoms with Gasteiger partial charge >= 0.3 is 0 Å². The SMILES string of the molecule is CC(C)(C)c1ccc(N([O])c2ccc(C(C)(C)C)cc2)cc1. The first kappa shape index (κ1) is 16.6. The third-order valence-electron chi connectivity index (χ3n) is 3.94. The minimum Gasteiger partial charge on any atom is -0.188 e. The molecule has 0 aliphatic rings. The Morgan fingerprint density at radius 3 is 1.09 bits per heavy atom. The molecule has 0 saturated heterocycles. The van der Waals surface area contributed by atoms with Crippen molar-refractivity contribution in [3.63, 3.8) is 0 Å². The molecule has 117 valence electrons. The molecule has 0 aliphatic carbocycles. The van der Waals surface area contributed by atoms with Gasteiger partial charge in [-0.05, 0) is 46.2 Å². The third kappa shape index (κ3) is 3.69. The van der Waals surface area contributed by atoms with Gasteiger partial charge in [0, 0.05) is 0 Å². The summed E-state index contributed by atoms with van der Waals surface area (Å²) < 4.78 is 0. The maximum atomic E-state index is 12.5. The van der Waals surface area contributed by atoms with Gasteiger partial charge in [0.1, 0.15) is 0 Å². The van der Waals surface area contributed by atoms with Gasteiger partial charge in [-0.1, -0.05) is 71.0 Å². The molecule has 0 N–H and O–H groups in total. The summed E-state index contributed by atoms with van der Waals surface area (Å²) in [6, 6.07) is 15.7. The van der Waals surface area contributed by atoms with Crippen LogP contribution in [0.15, 0.2) is 48.5 Å². The lowest BCUT2D eigenvalue weighted by Crippen LogP contribution is -2.13. The molecule has 0 unspecified atom stereocenters. The maximum absolute atomic E-state index is 12.5. The van der Waals surface area contributed by atoms with Gasteiger partial charge in [0.05, 0.1) is 11.4 Å². The van der Waals surface area contributed by atoms with Gasteiger partial charge in [-0.25, -0.2) is 0 Å². The molecule has 1 radical (unpaired) electrons. The van der Waals surface area contributed by atoms with Gasteiger partial charge in [-0.15, -0.1) is 0 Å². The van der Waals surface area contributed by atoms with Crippen molar-refractivity contribution in [2.75, 3.05) is 5.06 Å². The second kappa shape index (κ2) is 5.77. The standard InChI is InChI=1S/C20H26NO/c1-19(2,3)15-7-11-17(12-8-15)21(22)18-13-9-16(10-14-18)20(4,5)6/h7-14H,1-6H3. The van der Waals surface area contributed by atoms with Crippen LogP contribution in [0.4, 0.5) is 11.4 Å². The molecule has 2 heteroatoms. The van der Waals surface area contributed by atoms with Crippen LogP contribution >= 0.6 is 0 Å². The zero-order chi connectivity index (χ0) is 16.5. The van der Waals surface area contributed by atoms with E-state index in [1.165, 1.54) is 11.1 Å². The molecule has 0 bridgehead atoms. The molecule has 0 atom stereocenters. The fourth-order valence-electron chi connectivity index (χ4n) is 2.34. The maximum Gasteiger partial charge on any atom is 0.0726 e. The lowest BCUT2D eigenvalue weighted by molar-refractivity contribution is 0.196. The van der Waals surface area contributed by atoms with Gasteiger partial charge in [0.15, 0.2) is 0 Å². The van der Waals surface area contributed by atoms with Gasteiger partial charge in [0.2, 0.25) is 0 Å². The Kier molecular flexibility index (Phi) is 4.35. The number of rotatable bonds is 2. The largest absolute Gasteiger partial charge is 0.188 e. The molecule has 0 aromatic heterocycles. The van der Waals surface area contributed by atoms with Crippen molar-refractivity contribution in [2.45, 2.75) is 52.4 Å². The normalized spacial score (nSPS) is 12.3. The van der Waals surface area contributed by atoms with Crippen LogP contribution < -0.4 is 5.06 Å². The highest BCUT2D eigenvalue weighted by Crippen LogP contribution is 2.30. The van der Waals surface area contributed by atoms with E-state index < -0.39 is 0 Å². The minimum absolute atomic E-state index is 0.0978. The van der Waals surface area contributed by atoms with Gasteiger partial charge in [0.25, 0.3) is 0 Å². The number of anilines is 2. The van der Waals surface area contributed by atoms with Crippen LogP contribution in [0.25, 0.3) is 0 Å². The predicted molar refractivity (Wildman–Crippen MR) is 93.1 cm³/mol. The number of nitrogens with zero attached hydrogens (tertiary/aromatic N) is 1. The van der Waals surface area contributed by atoms with Crippen LogP contribution in [0.3, 0.4) is 0 Å². The van der Waals surface area contributed by atoms with Crippen molar-refractivity contribution in [3.8, 4) is 0 Å². The summed E-state index contributed by atoms with van der Waals surface area (Å²) in [5.74, 6) is 0. The van der Waals surface area contributed by atoms with Crippen molar-refractivity contribution in [2.24, 2.45) is 0 Å². The van der Waals surface area contributed by atoms with Crippen molar-refractivity contribution in [3.05, 3.63) is 59.7 Å². The van der Waals surface area contributed by atoms with Crippen LogP contribution in [0, 0.1) is 0 Å². The smallest absolute Gasteiger partial charge is 0.0726 e. The molecular weight excluding hydrogens is 270 g/mol. The van der Waals surface area contributed by atoms with E-state index in [2.05, 4.69) is 41.5 Å². The molecule has 0 fully saturated rings. The highest BCUT2D eigenvalue weighted by molar-refractivity contribution is 5.60. The summed E-state index contributed by atoms with van der Waals surface area (Å²) in [6.07, 6.45) is 0. The molecule has 0 aliphatic heterocycles. The lowest BCUT2D eigenvalue weighted by Gasteiger charge is -2.22. The molecular formula is C20H26NO. The summed E-state index contributed by atoms with van der Waals surface area (Å²) >= 11 is 0. The van der Waals surface area contributed by atoms with Crippen LogP contribution in [0.5, 0.6) is 0 Å². The molecule has 2 rings (SSSR count). The zero-order valence-corrected chi connectivity index (χ0v) is 14.5. The Hall–Kier alpha value is -1.80. The van der Waals surface area contributed by atoms with E-state index in [-0.39, 0.29) is 10.8 Å². The molecule has 22 heavy (non-hydrogen) atoms. The van der Waals surface area contributed by atoms with Crippen LogP contribution in [0.1, 0.15) is 52.7 Å². The monoisotopic (exact) mass is 296 g/mol. The fraction of sp³-hybridized carbons (Fsp3) is 0.400. The Morgan fingerprint density at radius 1 is 0.591 bits per heavy atom. The number of benzene rings is 2. The van der Waals surface area contributed by atoms with E-state index in [0.29, 0.717) is 11.4 Å². The van der Waals surface area contributed by atoms with Crippen molar-refractivity contribution in [1.29, 1.82) is 0 Å². The molecule has 0 amide bonds. The molecule has 2 aromatic rings. The number of hydrogen-bond donors (Lipinski definition) is 0. The van der Waals surface area contributed by atoms with Crippen LogP contribution in [-0.2, 0) is 16.0 Å². The van der Waals surface area contributed by atoms with Crippen LogP contribution in [0.2, 0.25) is 0 Å². The highest BCUT2D eigenvalue weighted by atomic mass is 16.5. The van der Waals surface area contributed by atoms with E-state index >= 15 is 0 Å². The Morgan fingerprint density at radius 2 is 0.864 bits per heavy atom. The molecule has 2 aromatic carbocycles. The topological polar surface area (TPSA) is 23.1 Å². The van der Waals surface area contributed by atoms with Gasteiger partial charge in [-0.2, -0.15) is 5.06 Å². The molecule has 0 heterocycles. The summed E-state index contributed by atoms with van der Waals surface area (Å²) in [5, 5.41) is 13.5. The quantitative estimate of drug-likeness (QED) is 0.646. The molecule has 2 nitrogen and oxygen atoms in total. The number of hydrogen-bond acceptors (Lipinski definition) is 1. The van der Waals surface area contributed by atoms with E-state index in [1.807, 2.05) is 48.5 Å². The Labute approximate surface area is 134 Å². The van der Waals surface area contributed by atoms with Crippen molar-refractivity contribution >= 4 is 11.4 Å². The zero-order valence-electron chi connectivity index (χ0n) is 14.5. The minimum atomic E-state index is 0.0978. The predicted octanol–water partition coefficient (Wildman–Crippen LogP) is 5.77. The Bertz CT molecular complexity index is 555.